The second kappa shape index (κ2) is 4.45. The van der Waals surface area contributed by atoms with Crippen molar-refractivity contribution in [1.29, 1.82) is 0 Å². The van der Waals surface area contributed by atoms with Crippen LogP contribution in [0.4, 0.5) is 0 Å². The number of aromatic nitrogens is 1. The average molecular weight is 287 g/mol. The molecule has 5 heteroatoms. The van der Waals surface area contributed by atoms with E-state index in [2.05, 4.69) is 27.5 Å². The van der Waals surface area contributed by atoms with Gasteiger partial charge in [-0.15, -0.1) is 11.3 Å². The van der Waals surface area contributed by atoms with Crippen LogP contribution in [0.3, 0.4) is 0 Å². The van der Waals surface area contributed by atoms with Crippen molar-refractivity contribution in [2.45, 2.75) is 12.8 Å². The third-order valence-corrected chi connectivity index (χ3v) is 4.03. The number of carbonyl (C=O) groups excluding carboxylic acids is 1. The third kappa shape index (κ3) is 2.29. The highest BCUT2D eigenvalue weighted by Crippen LogP contribution is 2.23. The van der Waals surface area contributed by atoms with E-state index in [1.165, 1.54) is 16.9 Å². The van der Waals surface area contributed by atoms with Crippen LogP contribution in [-0.2, 0) is 0 Å². The Morgan fingerprint density at radius 1 is 1.53 bits per heavy atom. The van der Waals surface area contributed by atoms with E-state index in [0.717, 1.165) is 29.7 Å². The normalized spacial score (nSPS) is 16.9. The van der Waals surface area contributed by atoms with E-state index >= 15 is 0 Å². The van der Waals surface area contributed by atoms with Crippen LogP contribution in [0.25, 0.3) is 0 Å². The molecule has 1 aliphatic rings. The highest BCUT2D eigenvalue weighted by molar-refractivity contribution is 9.11. The standard InChI is InChI=1S/C10H11BrN2OS/c1-7-2-4-13(5-3-7)10(14)8-9(11)15-6-12-8/h6H,1-5H2. The van der Waals surface area contributed by atoms with E-state index in [4.69, 9.17) is 0 Å². The summed E-state index contributed by atoms with van der Waals surface area (Å²) < 4.78 is 0.817. The summed E-state index contributed by atoms with van der Waals surface area (Å²) in [6.45, 7) is 5.46. The van der Waals surface area contributed by atoms with Gasteiger partial charge in [-0.25, -0.2) is 4.98 Å². The lowest BCUT2D eigenvalue weighted by molar-refractivity contribution is 0.0738. The molecule has 0 saturated carbocycles. The molecule has 80 valence electrons. The Kier molecular flexibility index (Phi) is 3.21. The number of nitrogens with zero attached hydrogens (tertiary/aromatic N) is 2. The summed E-state index contributed by atoms with van der Waals surface area (Å²) in [5.41, 5.74) is 3.45. The Morgan fingerprint density at radius 3 is 2.73 bits per heavy atom. The molecule has 1 aromatic heterocycles. The lowest BCUT2D eigenvalue weighted by Crippen LogP contribution is -2.36. The minimum atomic E-state index is 0.0237. The molecule has 0 aliphatic carbocycles. The fourth-order valence-corrected chi connectivity index (χ4v) is 2.57. The molecule has 0 spiro atoms. The summed E-state index contributed by atoms with van der Waals surface area (Å²) in [5.74, 6) is 0.0237. The van der Waals surface area contributed by atoms with Crippen LogP contribution in [0, 0.1) is 0 Å². The molecule has 1 amide bonds. The molecule has 1 aliphatic heterocycles. The number of hydrogen-bond donors (Lipinski definition) is 0. The molecule has 3 nitrogen and oxygen atoms in total. The van der Waals surface area contributed by atoms with Crippen molar-refractivity contribution in [3.63, 3.8) is 0 Å². The number of rotatable bonds is 1. The number of likely N-dealkylation sites (tertiary alicyclic amines) is 1. The Labute approximate surface area is 101 Å². The highest BCUT2D eigenvalue weighted by Gasteiger charge is 2.22. The van der Waals surface area contributed by atoms with Gasteiger partial charge in [-0.1, -0.05) is 12.2 Å². The minimum Gasteiger partial charge on any atom is -0.337 e. The number of piperidine rings is 1. The monoisotopic (exact) mass is 286 g/mol. The molecule has 15 heavy (non-hydrogen) atoms. The first-order valence-corrected chi connectivity index (χ1v) is 6.40. The van der Waals surface area contributed by atoms with Gasteiger partial charge in [-0.3, -0.25) is 4.79 Å². The molecule has 0 atom stereocenters. The van der Waals surface area contributed by atoms with Crippen LogP contribution in [0.5, 0.6) is 0 Å². The molecule has 0 radical (unpaired) electrons. The first-order chi connectivity index (χ1) is 7.18. The molecule has 2 heterocycles. The fraction of sp³-hybridized carbons (Fsp3) is 0.400. The highest BCUT2D eigenvalue weighted by atomic mass is 79.9. The number of amides is 1. The molecular formula is C10H11BrN2OS. The van der Waals surface area contributed by atoms with E-state index in [1.807, 2.05) is 4.90 Å². The SMILES string of the molecule is C=C1CCN(C(=O)c2ncsc2Br)CC1. The van der Waals surface area contributed by atoms with Crippen LogP contribution >= 0.6 is 27.3 Å². The average Bonchev–Trinajstić information content (AvgIpc) is 2.65. The summed E-state index contributed by atoms with van der Waals surface area (Å²) in [6.07, 6.45) is 1.82. The van der Waals surface area contributed by atoms with Crippen molar-refractivity contribution in [2.75, 3.05) is 13.1 Å². The van der Waals surface area contributed by atoms with Gasteiger partial charge >= 0.3 is 0 Å². The summed E-state index contributed by atoms with van der Waals surface area (Å²) in [7, 11) is 0. The van der Waals surface area contributed by atoms with Crippen molar-refractivity contribution in [2.24, 2.45) is 0 Å². The van der Waals surface area contributed by atoms with Crippen LogP contribution in [0.1, 0.15) is 23.3 Å². The molecule has 1 fully saturated rings. The molecule has 0 bridgehead atoms. The van der Waals surface area contributed by atoms with Gasteiger partial charge in [-0.2, -0.15) is 0 Å². The van der Waals surface area contributed by atoms with Gasteiger partial charge < -0.3 is 4.90 Å². The van der Waals surface area contributed by atoms with Crippen molar-refractivity contribution in [3.8, 4) is 0 Å². The summed E-state index contributed by atoms with van der Waals surface area (Å²) >= 11 is 4.77. The maximum Gasteiger partial charge on any atom is 0.274 e. The molecule has 1 saturated heterocycles. The second-order valence-corrected chi connectivity index (χ2v) is 5.69. The number of carbonyl (C=O) groups is 1. The number of hydrogen-bond acceptors (Lipinski definition) is 3. The Hall–Kier alpha value is -0.680. The fourth-order valence-electron chi connectivity index (χ4n) is 1.55. The largest absolute Gasteiger partial charge is 0.337 e. The van der Waals surface area contributed by atoms with Crippen molar-refractivity contribution in [3.05, 3.63) is 27.1 Å². The van der Waals surface area contributed by atoms with Gasteiger partial charge in [0.15, 0.2) is 5.69 Å². The first-order valence-electron chi connectivity index (χ1n) is 4.73. The van der Waals surface area contributed by atoms with Crippen molar-refractivity contribution in [1.82, 2.24) is 9.88 Å². The number of halogens is 1. The minimum absolute atomic E-state index is 0.0237. The Balaban J connectivity index is 2.09. The van der Waals surface area contributed by atoms with Gasteiger partial charge in [0.25, 0.3) is 5.91 Å². The van der Waals surface area contributed by atoms with Gasteiger partial charge in [0.1, 0.15) is 3.79 Å². The molecule has 2 rings (SSSR count). The van der Waals surface area contributed by atoms with Gasteiger partial charge in [0.2, 0.25) is 0 Å². The smallest absolute Gasteiger partial charge is 0.274 e. The van der Waals surface area contributed by atoms with Crippen LogP contribution in [0.15, 0.2) is 21.4 Å². The molecule has 1 aromatic rings. The number of thiazole rings is 1. The second-order valence-electron chi connectivity index (χ2n) is 3.52. The summed E-state index contributed by atoms with van der Waals surface area (Å²) in [6, 6.07) is 0. The predicted molar refractivity (Wildman–Crippen MR) is 64.1 cm³/mol. The van der Waals surface area contributed by atoms with Crippen LogP contribution < -0.4 is 0 Å². The molecule has 0 aromatic carbocycles. The Bertz CT molecular complexity index is 392. The topological polar surface area (TPSA) is 33.2 Å². The van der Waals surface area contributed by atoms with Crippen molar-refractivity contribution >= 4 is 33.2 Å². The first kappa shape index (κ1) is 10.8. The van der Waals surface area contributed by atoms with E-state index in [0.29, 0.717) is 5.69 Å². The Morgan fingerprint density at radius 2 is 2.20 bits per heavy atom. The van der Waals surface area contributed by atoms with Crippen molar-refractivity contribution < 1.29 is 4.79 Å². The predicted octanol–water partition coefficient (Wildman–Crippen LogP) is 2.70. The zero-order valence-corrected chi connectivity index (χ0v) is 10.6. The zero-order chi connectivity index (χ0) is 10.8. The van der Waals surface area contributed by atoms with Crippen LogP contribution in [-0.4, -0.2) is 28.9 Å². The van der Waals surface area contributed by atoms with E-state index in [1.54, 1.807) is 5.51 Å². The quantitative estimate of drug-likeness (QED) is 0.744. The van der Waals surface area contributed by atoms with E-state index < -0.39 is 0 Å². The van der Waals surface area contributed by atoms with Gasteiger partial charge in [0, 0.05) is 13.1 Å². The van der Waals surface area contributed by atoms with E-state index in [-0.39, 0.29) is 5.91 Å². The lowest BCUT2D eigenvalue weighted by atomic mass is 10.1. The van der Waals surface area contributed by atoms with Gasteiger partial charge in [-0.05, 0) is 28.8 Å². The lowest BCUT2D eigenvalue weighted by Gasteiger charge is -2.27. The summed E-state index contributed by atoms with van der Waals surface area (Å²) in [4.78, 5) is 17.9. The van der Waals surface area contributed by atoms with Crippen LogP contribution in [0.2, 0.25) is 0 Å². The molecule has 0 N–H and O–H groups in total. The van der Waals surface area contributed by atoms with Gasteiger partial charge in [0.05, 0.1) is 5.51 Å². The molecular weight excluding hydrogens is 276 g/mol. The molecule has 0 unspecified atom stereocenters. The zero-order valence-electron chi connectivity index (χ0n) is 8.20. The summed E-state index contributed by atoms with van der Waals surface area (Å²) in [5, 5.41) is 0. The third-order valence-electron chi connectivity index (χ3n) is 2.48. The maximum absolute atomic E-state index is 12.0. The van der Waals surface area contributed by atoms with E-state index in [9.17, 15) is 4.79 Å². The maximum atomic E-state index is 12.0.